The molecule has 0 amide bonds. The second-order valence-electron chi connectivity index (χ2n) is 4.19. The Morgan fingerprint density at radius 2 is 2.22 bits per heavy atom. The van der Waals surface area contributed by atoms with Crippen LogP contribution in [0.4, 0.5) is 0 Å². The van der Waals surface area contributed by atoms with E-state index in [1.807, 2.05) is 0 Å². The minimum Gasteiger partial charge on any atom is -0.392 e. The molecule has 6 nitrogen and oxygen atoms in total. The number of nitrogens with zero attached hydrogens (tertiary/aromatic N) is 3. The molecule has 2 aromatic rings. The van der Waals surface area contributed by atoms with Crippen molar-refractivity contribution in [3.63, 3.8) is 0 Å². The van der Waals surface area contributed by atoms with Gasteiger partial charge in [0.15, 0.2) is 0 Å². The highest BCUT2D eigenvalue weighted by molar-refractivity contribution is 7.89. The van der Waals surface area contributed by atoms with Crippen molar-refractivity contribution in [3.05, 3.63) is 18.2 Å². The first kappa shape index (κ1) is 12.0. The van der Waals surface area contributed by atoms with Crippen LogP contribution in [0.2, 0.25) is 0 Å². The number of hydrogen-bond donors (Lipinski definition) is 1. The third kappa shape index (κ3) is 1.81. The lowest BCUT2D eigenvalue weighted by Crippen LogP contribution is -2.29. The molecule has 1 aromatic carbocycles. The lowest BCUT2D eigenvalue weighted by Gasteiger charge is -2.15. The third-order valence-electron chi connectivity index (χ3n) is 2.99. The van der Waals surface area contributed by atoms with Crippen molar-refractivity contribution in [2.24, 2.45) is 0 Å². The summed E-state index contributed by atoms with van der Waals surface area (Å²) in [4.78, 5) is 0.169. The molecule has 3 rings (SSSR count). The minimum atomic E-state index is -3.59. The average molecular weight is 285 g/mol. The maximum absolute atomic E-state index is 12.4. The van der Waals surface area contributed by atoms with Crippen molar-refractivity contribution < 1.29 is 13.5 Å². The van der Waals surface area contributed by atoms with Crippen molar-refractivity contribution in [2.75, 3.05) is 13.1 Å². The van der Waals surface area contributed by atoms with Gasteiger partial charge in [0.2, 0.25) is 10.0 Å². The maximum Gasteiger partial charge on any atom is 0.245 e. The number of aromatic nitrogens is 2. The molecule has 18 heavy (non-hydrogen) atoms. The monoisotopic (exact) mass is 285 g/mol. The molecular weight excluding hydrogens is 274 g/mol. The van der Waals surface area contributed by atoms with Gasteiger partial charge in [-0.1, -0.05) is 6.07 Å². The molecule has 1 atom stereocenters. The Morgan fingerprint density at radius 1 is 1.39 bits per heavy atom. The SMILES string of the molecule is O=S(=O)(c1cccc2nsnc12)N1CCC(O)C1. The summed E-state index contributed by atoms with van der Waals surface area (Å²) in [6.45, 7) is 0.494. The molecule has 8 heteroatoms. The first-order chi connectivity index (χ1) is 8.59. The van der Waals surface area contributed by atoms with E-state index in [0.717, 1.165) is 11.7 Å². The number of aliphatic hydroxyl groups is 1. The maximum atomic E-state index is 12.4. The molecule has 1 aliphatic heterocycles. The normalized spacial score (nSPS) is 21.7. The molecule has 96 valence electrons. The largest absolute Gasteiger partial charge is 0.392 e. The number of hydrogen-bond acceptors (Lipinski definition) is 6. The minimum absolute atomic E-state index is 0.149. The Kier molecular flexibility index (Phi) is 2.81. The highest BCUT2D eigenvalue weighted by Crippen LogP contribution is 2.26. The second-order valence-corrected chi connectivity index (χ2v) is 6.63. The zero-order chi connectivity index (χ0) is 12.8. The first-order valence-corrected chi connectivity index (χ1v) is 7.65. The Hall–Kier alpha value is -1.09. The molecule has 1 aromatic heterocycles. The zero-order valence-electron chi connectivity index (χ0n) is 9.35. The standard InChI is InChI=1S/C10H11N3O3S2/c14-7-4-5-13(6-7)18(15,16)9-3-1-2-8-10(9)12-17-11-8/h1-3,7,14H,4-6H2. The second kappa shape index (κ2) is 4.23. The van der Waals surface area contributed by atoms with E-state index in [0.29, 0.717) is 24.0 Å². The summed E-state index contributed by atoms with van der Waals surface area (Å²) >= 11 is 0.994. The highest BCUT2D eigenvalue weighted by Gasteiger charge is 2.33. The van der Waals surface area contributed by atoms with E-state index in [2.05, 4.69) is 8.75 Å². The number of benzene rings is 1. The lowest BCUT2D eigenvalue weighted by molar-refractivity contribution is 0.189. The zero-order valence-corrected chi connectivity index (χ0v) is 11.0. The molecule has 1 saturated heterocycles. The van der Waals surface area contributed by atoms with Crippen LogP contribution in [-0.4, -0.2) is 45.8 Å². The number of sulfonamides is 1. The van der Waals surface area contributed by atoms with E-state index in [-0.39, 0.29) is 11.4 Å². The number of rotatable bonds is 2. The molecule has 0 spiro atoms. The van der Waals surface area contributed by atoms with Crippen LogP contribution in [0.15, 0.2) is 23.1 Å². The van der Waals surface area contributed by atoms with Crippen LogP contribution < -0.4 is 0 Å². The molecule has 1 fully saturated rings. The van der Waals surface area contributed by atoms with Gasteiger partial charge in [-0.3, -0.25) is 0 Å². The summed E-state index contributed by atoms with van der Waals surface area (Å²) in [5.74, 6) is 0. The van der Waals surface area contributed by atoms with E-state index < -0.39 is 16.1 Å². The summed E-state index contributed by atoms with van der Waals surface area (Å²) in [6, 6.07) is 4.92. The van der Waals surface area contributed by atoms with Gasteiger partial charge in [-0.2, -0.15) is 13.1 Å². The van der Waals surface area contributed by atoms with Crippen LogP contribution >= 0.6 is 11.7 Å². The fourth-order valence-corrected chi connectivity index (χ4v) is 4.30. The molecule has 0 radical (unpaired) electrons. The van der Waals surface area contributed by atoms with E-state index in [9.17, 15) is 13.5 Å². The summed E-state index contributed by atoms with van der Waals surface area (Å²) in [6.07, 6.45) is -0.0996. The van der Waals surface area contributed by atoms with Crippen LogP contribution in [0.3, 0.4) is 0 Å². The molecule has 0 saturated carbocycles. The smallest absolute Gasteiger partial charge is 0.245 e. The van der Waals surface area contributed by atoms with E-state index >= 15 is 0 Å². The van der Waals surface area contributed by atoms with E-state index in [1.165, 1.54) is 10.4 Å². The van der Waals surface area contributed by atoms with Crippen molar-refractivity contribution in [1.29, 1.82) is 0 Å². The topological polar surface area (TPSA) is 83.4 Å². The van der Waals surface area contributed by atoms with Gasteiger partial charge in [-0.25, -0.2) is 8.42 Å². The van der Waals surface area contributed by atoms with Crippen LogP contribution in [0.25, 0.3) is 11.0 Å². The van der Waals surface area contributed by atoms with Gasteiger partial charge in [0.05, 0.1) is 17.8 Å². The van der Waals surface area contributed by atoms with Crippen molar-refractivity contribution in [3.8, 4) is 0 Å². The molecule has 0 aliphatic carbocycles. The number of aliphatic hydroxyl groups excluding tert-OH is 1. The van der Waals surface area contributed by atoms with Crippen LogP contribution in [0.1, 0.15) is 6.42 Å². The molecular formula is C10H11N3O3S2. The fourth-order valence-electron chi connectivity index (χ4n) is 2.06. The Labute approximate surface area is 108 Å². The van der Waals surface area contributed by atoms with Crippen molar-refractivity contribution in [1.82, 2.24) is 13.1 Å². The highest BCUT2D eigenvalue weighted by atomic mass is 32.2. The summed E-state index contributed by atoms with van der Waals surface area (Å²) < 4.78 is 34.3. The van der Waals surface area contributed by atoms with Gasteiger partial charge in [0, 0.05) is 13.1 Å². The van der Waals surface area contributed by atoms with Gasteiger partial charge >= 0.3 is 0 Å². The van der Waals surface area contributed by atoms with Crippen molar-refractivity contribution >= 4 is 32.8 Å². The fraction of sp³-hybridized carbons (Fsp3) is 0.400. The number of β-amino-alcohol motifs (C(OH)–C–C–N with tert-alkyl or cyclic N) is 1. The van der Waals surface area contributed by atoms with E-state index in [4.69, 9.17) is 0 Å². The Balaban J connectivity index is 2.11. The summed E-state index contributed by atoms with van der Waals surface area (Å²) in [5.41, 5.74) is 0.990. The van der Waals surface area contributed by atoms with E-state index in [1.54, 1.807) is 12.1 Å². The Morgan fingerprint density at radius 3 is 2.94 bits per heavy atom. The van der Waals surface area contributed by atoms with Crippen molar-refractivity contribution in [2.45, 2.75) is 17.4 Å². The predicted octanol–water partition coefficient (Wildman–Crippen LogP) is 0.447. The van der Waals surface area contributed by atoms with Gasteiger partial charge < -0.3 is 5.11 Å². The van der Waals surface area contributed by atoms with Gasteiger partial charge in [0.25, 0.3) is 0 Å². The molecule has 1 N–H and O–H groups in total. The first-order valence-electron chi connectivity index (χ1n) is 5.48. The Bertz CT molecular complexity index is 682. The summed E-state index contributed by atoms with van der Waals surface area (Å²) in [5, 5.41) is 9.45. The van der Waals surface area contributed by atoms with Gasteiger partial charge in [0.1, 0.15) is 15.9 Å². The van der Waals surface area contributed by atoms with Gasteiger partial charge in [-0.15, -0.1) is 0 Å². The molecule has 1 aliphatic rings. The quantitative estimate of drug-likeness (QED) is 0.866. The third-order valence-corrected chi connectivity index (χ3v) is 5.43. The van der Waals surface area contributed by atoms with Crippen LogP contribution in [-0.2, 0) is 10.0 Å². The van der Waals surface area contributed by atoms with Gasteiger partial charge in [-0.05, 0) is 18.6 Å². The molecule has 0 bridgehead atoms. The van der Waals surface area contributed by atoms with Crippen LogP contribution in [0.5, 0.6) is 0 Å². The average Bonchev–Trinajstić information content (AvgIpc) is 2.96. The summed E-state index contributed by atoms with van der Waals surface area (Å²) in [7, 11) is -3.59. The predicted molar refractivity (Wildman–Crippen MR) is 66.8 cm³/mol. The van der Waals surface area contributed by atoms with Crippen LogP contribution in [0, 0.1) is 0 Å². The molecule has 2 heterocycles. The number of fused-ring (bicyclic) bond motifs is 1. The molecule has 1 unspecified atom stereocenters. The lowest BCUT2D eigenvalue weighted by atomic mass is 10.3.